The summed E-state index contributed by atoms with van der Waals surface area (Å²) in [7, 11) is -3.06. The van der Waals surface area contributed by atoms with Gasteiger partial charge in [-0.3, -0.25) is 14.2 Å². The number of anilines is 3. The predicted molar refractivity (Wildman–Crippen MR) is 200 cm³/mol. The molecule has 1 atom stereocenters. The third-order valence-electron chi connectivity index (χ3n) is 9.52. The molecule has 16 heteroatoms. The highest BCUT2D eigenvalue weighted by atomic mass is 32.1. The molecule has 0 bridgehead atoms. The number of likely N-dealkylation sites (tertiary alicyclic amines) is 1. The molecule has 4 N–H and O–H groups in total. The van der Waals surface area contributed by atoms with Crippen LogP contribution in [0, 0.1) is 16.6 Å². The van der Waals surface area contributed by atoms with Crippen LogP contribution in [0.1, 0.15) is 65.7 Å². The van der Waals surface area contributed by atoms with E-state index in [0.29, 0.717) is 82.9 Å². The lowest BCUT2D eigenvalue weighted by Gasteiger charge is -2.63. The first kappa shape index (κ1) is 39.5. The van der Waals surface area contributed by atoms with Crippen LogP contribution in [0.25, 0.3) is 10.9 Å². The molecule has 4 aromatic rings. The zero-order valence-corrected chi connectivity index (χ0v) is 32.3. The van der Waals surface area contributed by atoms with Crippen molar-refractivity contribution >= 4 is 52.6 Å². The molecule has 1 saturated heterocycles. The SMILES string of the molecule is COc1cc2c(Nc3ncc(CC(=O)Nc4cccc(F)c4)s3)ncnc2cc1OCCCN1CCC(OP(=O)(O)O)CC1(C(C)(C)C)C(C)(C)C. The Morgan fingerprint density at radius 1 is 1.10 bits per heavy atom. The Balaban J connectivity index is 1.25. The monoisotopic (exact) mass is 758 g/mol. The standard InChI is InChI=1S/C36H48FN6O7PS/c1-34(2,3)36(35(4,5)6)20-25(50-51(45,46)47)12-14-43(36)13-9-15-49-30-19-28-27(18-29(30)48-7)32(40-22-39-28)42-33-38-21-26(52-33)17-31(44)41-24-11-8-10-23(37)16-24/h8,10-11,16,18-19,21-22,25H,9,12-15,17,20H2,1-7H3,(H,41,44)(H2,45,46,47)(H,38,39,40,42). The molecule has 0 saturated carbocycles. The van der Waals surface area contributed by atoms with Crippen LogP contribution in [0.5, 0.6) is 11.5 Å². The van der Waals surface area contributed by atoms with Crippen molar-refractivity contribution in [2.75, 3.05) is 37.4 Å². The molecule has 1 amide bonds. The Hall–Kier alpha value is -3.72. The van der Waals surface area contributed by atoms with E-state index in [1.54, 1.807) is 19.4 Å². The molecule has 1 fully saturated rings. The minimum Gasteiger partial charge on any atom is -0.493 e. The Labute approximate surface area is 307 Å². The van der Waals surface area contributed by atoms with E-state index in [0.717, 1.165) is 0 Å². The second-order valence-electron chi connectivity index (χ2n) is 15.0. The van der Waals surface area contributed by atoms with Crippen molar-refractivity contribution in [1.29, 1.82) is 0 Å². The molecule has 1 aliphatic heterocycles. The second-order valence-corrected chi connectivity index (χ2v) is 17.3. The van der Waals surface area contributed by atoms with Crippen molar-refractivity contribution in [2.24, 2.45) is 10.8 Å². The number of aromatic nitrogens is 3. The van der Waals surface area contributed by atoms with E-state index >= 15 is 0 Å². The summed E-state index contributed by atoms with van der Waals surface area (Å²) < 4.78 is 42.5. The van der Waals surface area contributed by atoms with Crippen molar-refractivity contribution in [3.8, 4) is 11.5 Å². The molecule has 0 radical (unpaired) electrons. The number of nitrogens with one attached hydrogen (secondary N) is 2. The third-order valence-corrected chi connectivity index (χ3v) is 11.0. The highest BCUT2D eigenvalue weighted by Gasteiger charge is 2.57. The number of benzene rings is 2. The van der Waals surface area contributed by atoms with Gasteiger partial charge in [-0.2, -0.15) is 0 Å². The third kappa shape index (κ3) is 9.25. The molecule has 1 aliphatic rings. The number of nitrogens with zero attached hydrogens (tertiary/aromatic N) is 4. The van der Waals surface area contributed by atoms with Crippen molar-refractivity contribution in [2.45, 2.75) is 78.9 Å². The number of ether oxygens (including phenoxy) is 2. The number of hydrogen-bond donors (Lipinski definition) is 4. The van der Waals surface area contributed by atoms with Gasteiger partial charge in [0.05, 0.1) is 31.8 Å². The van der Waals surface area contributed by atoms with Crippen LogP contribution < -0.4 is 20.1 Å². The Morgan fingerprint density at radius 2 is 1.85 bits per heavy atom. The van der Waals surface area contributed by atoms with Crippen LogP contribution in [-0.2, 0) is 20.3 Å². The maximum atomic E-state index is 13.5. The van der Waals surface area contributed by atoms with Crippen LogP contribution in [0.4, 0.5) is 21.0 Å². The number of hydrogen-bond acceptors (Lipinski definition) is 11. The van der Waals surface area contributed by atoms with Gasteiger partial charge >= 0.3 is 7.82 Å². The number of rotatable bonds is 13. The summed E-state index contributed by atoms with van der Waals surface area (Å²) in [5, 5.41) is 7.14. The van der Waals surface area contributed by atoms with Crippen LogP contribution >= 0.6 is 19.2 Å². The largest absolute Gasteiger partial charge is 0.493 e. The quantitative estimate of drug-likeness (QED) is 0.0793. The number of phosphoric acid groups is 1. The van der Waals surface area contributed by atoms with E-state index < -0.39 is 25.3 Å². The average molecular weight is 759 g/mol. The fourth-order valence-electron chi connectivity index (χ4n) is 7.68. The van der Waals surface area contributed by atoms with Gasteiger partial charge in [0.1, 0.15) is 18.0 Å². The zero-order valence-electron chi connectivity index (χ0n) is 30.6. The number of thiazole rings is 1. The van der Waals surface area contributed by atoms with E-state index in [9.17, 15) is 23.5 Å². The van der Waals surface area contributed by atoms with E-state index in [2.05, 4.69) is 72.0 Å². The number of halogens is 1. The van der Waals surface area contributed by atoms with Crippen LogP contribution in [-0.4, -0.2) is 74.0 Å². The van der Waals surface area contributed by atoms with Crippen molar-refractivity contribution < 1.29 is 37.5 Å². The normalized spacial score (nSPS) is 16.8. The van der Waals surface area contributed by atoms with Crippen molar-refractivity contribution in [3.05, 3.63) is 59.6 Å². The van der Waals surface area contributed by atoms with Gasteiger partial charge in [0.25, 0.3) is 0 Å². The number of phosphoric ester groups is 1. The molecule has 13 nitrogen and oxygen atoms in total. The molecule has 2 aromatic heterocycles. The minimum atomic E-state index is -4.63. The fourth-order valence-corrected chi connectivity index (χ4v) is 9.05. The molecule has 282 valence electrons. The summed E-state index contributed by atoms with van der Waals surface area (Å²) in [5.74, 6) is 0.833. The summed E-state index contributed by atoms with van der Waals surface area (Å²) in [4.78, 5) is 48.1. The molecular formula is C36H48FN6O7PS. The molecule has 2 aromatic carbocycles. The van der Waals surface area contributed by atoms with Gasteiger partial charge in [-0.1, -0.05) is 47.6 Å². The van der Waals surface area contributed by atoms with E-state index in [1.165, 1.54) is 35.9 Å². The Bertz CT molecular complexity index is 1910. The highest BCUT2D eigenvalue weighted by Crippen LogP contribution is 2.55. The van der Waals surface area contributed by atoms with Gasteiger partial charge in [-0.15, -0.1) is 11.3 Å². The van der Waals surface area contributed by atoms with E-state index in [4.69, 9.17) is 14.0 Å². The summed E-state index contributed by atoms with van der Waals surface area (Å²) in [5.41, 5.74) is 0.150. The molecule has 3 heterocycles. The molecule has 52 heavy (non-hydrogen) atoms. The number of carbonyl (C=O) groups is 1. The van der Waals surface area contributed by atoms with Crippen LogP contribution in [0.2, 0.25) is 0 Å². The maximum absolute atomic E-state index is 13.5. The van der Waals surface area contributed by atoms with Gasteiger partial charge in [0.15, 0.2) is 16.6 Å². The first-order valence-electron chi connectivity index (χ1n) is 17.1. The van der Waals surface area contributed by atoms with Crippen molar-refractivity contribution in [1.82, 2.24) is 19.9 Å². The summed E-state index contributed by atoms with van der Waals surface area (Å²) in [6.45, 7) is 14.8. The number of amides is 1. The summed E-state index contributed by atoms with van der Waals surface area (Å²) in [6, 6.07) is 9.35. The molecule has 5 rings (SSSR count). The number of piperidine rings is 1. The number of carbonyl (C=O) groups excluding carboxylic acids is 1. The number of fused-ring (bicyclic) bond motifs is 1. The van der Waals surface area contributed by atoms with Gasteiger partial charge in [0.2, 0.25) is 5.91 Å². The van der Waals surface area contributed by atoms with Gasteiger partial charge in [-0.05, 0) is 54.4 Å². The Morgan fingerprint density at radius 3 is 2.52 bits per heavy atom. The topological polar surface area (TPSA) is 168 Å². The first-order chi connectivity index (χ1) is 24.4. The van der Waals surface area contributed by atoms with Gasteiger partial charge in [0, 0.05) is 46.8 Å². The summed E-state index contributed by atoms with van der Waals surface area (Å²) >= 11 is 1.30. The fraction of sp³-hybridized carbons (Fsp3) is 0.500. The van der Waals surface area contributed by atoms with Crippen LogP contribution in [0.15, 0.2) is 48.9 Å². The van der Waals surface area contributed by atoms with Crippen LogP contribution in [0.3, 0.4) is 0 Å². The summed E-state index contributed by atoms with van der Waals surface area (Å²) in [6.07, 6.45) is 4.29. The lowest BCUT2D eigenvalue weighted by Crippen LogP contribution is -2.68. The lowest BCUT2D eigenvalue weighted by molar-refractivity contribution is -0.139. The zero-order chi connectivity index (χ0) is 37.9. The average Bonchev–Trinajstić information content (AvgIpc) is 3.47. The first-order valence-corrected chi connectivity index (χ1v) is 19.4. The molecule has 1 unspecified atom stereocenters. The minimum absolute atomic E-state index is 0.0750. The highest BCUT2D eigenvalue weighted by molar-refractivity contribution is 7.46. The van der Waals surface area contributed by atoms with E-state index in [1.807, 2.05) is 12.1 Å². The lowest BCUT2D eigenvalue weighted by atomic mass is 9.55. The number of methoxy groups -OCH3 is 1. The second kappa shape index (κ2) is 15.7. The molecular weight excluding hydrogens is 710 g/mol. The maximum Gasteiger partial charge on any atom is 0.469 e. The van der Waals surface area contributed by atoms with Gasteiger partial charge < -0.3 is 29.9 Å². The van der Waals surface area contributed by atoms with E-state index in [-0.39, 0.29) is 23.2 Å². The Kier molecular flexibility index (Phi) is 11.9. The smallest absolute Gasteiger partial charge is 0.469 e. The molecule has 0 spiro atoms. The predicted octanol–water partition coefficient (Wildman–Crippen LogP) is 7.33. The van der Waals surface area contributed by atoms with Gasteiger partial charge in [-0.25, -0.2) is 23.9 Å². The molecule has 0 aliphatic carbocycles. The van der Waals surface area contributed by atoms with Crippen molar-refractivity contribution in [3.63, 3.8) is 0 Å².